The quantitative estimate of drug-likeness (QED) is 0.901. The SMILES string of the molecule is CC(N)C1(c2ccc(S(=O)(=O)C3COC3)cc2)CC1. The summed E-state index contributed by atoms with van der Waals surface area (Å²) in [7, 11) is -3.22. The minimum Gasteiger partial charge on any atom is -0.379 e. The monoisotopic (exact) mass is 281 g/mol. The summed E-state index contributed by atoms with van der Waals surface area (Å²) in [5.41, 5.74) is 7.26. The van der Waals surface area contributed by atoms with Gasteiger partial charge in [-0.1, -0.05) is 12.1 Å². The van der Waals surface area contributed by atoms with Gasteiger partial charge in [-0.15, -0.1) is 0 Å². The summed E-state index contributed by atoms with van der Waals surface area (Å²) in [4.78, 5) is 0.394. The number of sulfone groups is 1. The predicted molar refractivity (Wildman–Crippen MR) is 72.8 cm³/mol. The van der Waals surface area contributed by atoms with Crippen LogP contribution in [-0.2, 0) is 20.0 Å². The first-order valence-electron chi connectivity index (χ1n) is 6.64. The third-order valence-electron chi connectivity index (χ3n) is 4.46. The van der Waals surface area contributed by atoms with Crippen LogP contribution in [0.4, 0.5) is 0 Å². The van der Waals surface area contributed by atoms with Crippen molar-refractivity contribution >= 4 is 9.84 Å². The molecule has 0 spiro atoms. The van der Waals surface area contributed by atoms with Gasteiger partial charge in [0.1, 0.15) is 5.25 Å². The number of hydrogen-bond donors (Lipinski definition) is 1. The molecule has 19 heavy (non-hydrogen) atoms. The van der Waals surface area contributed by atoms with Crippen molar-refractivity contribution in [2.24, 2.45) is 5.73 Å². The Balaban J connectivity index is 1.87. The highest BCUT2D eigenvalue weighted by molar-refractivity contribution is 7.92. The van der Waals surface area contributed by atoms with Crippen LogP contribution in [0.2, 0.25) is 0 Å². The highest BCUT2D eigenvalue weighted by Crippen LogP contribution is 2.50. The second kappa shape index (κ2) is 4.30. The van der Waals surface area contributed by atoms with Crippen molar-refractivity contribution in [3.05, 3.63) is 29.8 Å². The molecule has 2 N–H and O–H groups in total. The van der Waals surface area contributed by atoms with E-state index in [1.807, 2.05) is 19.1 Å². The smallest absolute Gasteiger partial charge is 0.185 e. The predicted octanol–water partition coefficient (Wildman–Crippen LogP) is 1.24. The van der Waals surface area contributed by atoms with Gasteiger partial charge >= 0.3 is 0 Å². The lowest BCUT2D eigenvalue weighted by Gasteiger charge is -2.26. The van der Waals surface area contributed by atoms with Gasteiger partial charge in [-0.05, 0) is 37.5 Å². The first-order chi connectivity index (χ1) is 8.97. The molecule has 1 aromatic carbocycles. The maximum atomic E-state index is 12.2. The van der Waals surface area contributed by atoms with Crippen LogP contribution in [0.1, 0.15) is 25.3 Å². The topological polar surface area (TPSA) is 69.4 Å². The Kier molecular flexibility index (Phi) is 2.96. The number of nitrogens with two attached hydrogens (primary N) is 1. The van der Waals surface area contributed by atoms with E-state index in [4.69, 9.17) is 10.5 Å². The van der Waals surface area contributed by atoms with E-state index in [0.29, 0.717) is 18.1 Å². The molecule has 1 aromatic rings. The fourth-order valence-electron chi connectivity index (χ4n) is 2.70. The maximum absolute atomic E-state index is 12.2. The van der Waals surface area contributed by atoms with Gasteiger partial charge in [0.05, 0.1) is 18.1 Å². The van der Waals surface area contributed by atoms with Crippen LogP contribution < -0.4 is 5.73 Å². The Labute approximate surface area is 113 Å². The van der Waals surface area contributed by atoms with Crippen LogP contribution in [0, 0.1) is 0 Å². The van der Waals surface area contributed by atoms with E-state index >= 15 is 0 Å². The summed E-state index contributed by atoms with van der Waals surface area (Å²) in [5.74, 6) is 0. The molecule has 104 valence electrons. The van der Waals surface area contributed by atoms with E-state index in [1.54, 1.807) is 12.1 Å². The van der Waals surface area contributed by atoms with Crippen LogP contribution in [0.25, 0.3) is 0 Å². The summed E-state index contributed by atoms with van der Waals surface area (Å²) >= 11 is 0. The molecule has 2 fully saturated rings. The standard InChI is InChI=1S/C14H19NO3S/c1-10(15)14(6-7-14)11-2-4-12(5-3-11)19(16,17)13-8-18-9-13/h2-5,10,13H,6-9,15H2,1H3. The van der Waals surface area contributed by atoms with E-state index in [1.165, 1.54) is 0 Å². The van der Waals surface area contributed by atoms with Gasteiger partial charge in [0.15, 0.2) is 9.84 Å². The fourth-order valence-corrected chi connectivity index (χ4v) is 4.15. The van der Waals surface area contributed by atoms with E-state index in [9.17, 15) is 8.42 Å². The molecule has 1 atom stereocenters. The van der Waals surface area contributed by atoms with Crippen molar-refractivity contribution < 1.29 is 13.2 Å². The Bertz CT molecular complexity index is 569. The maximum Gasteiger partial charge on any atom is 0.185 e. The summed E-state index contributed by atoms with van der Waals surface area (Å²) < 4.78 is 29.4. The zero-order valence-electron chi connectivity index (χ0n) is 11.0. The molecule has 1 saturated heterocycles. The Hall–Kier alpha value is -0.910. The van der Waals surface area contributed by atoms with Crippen LogP contribution in [0.15, 0.2) is 29.2 Å². The minimum absolute atomic E-state index is 0.0713. The lowest BCUT2D eigenvalue weighted by atomic mass is 9.90. The molecule has 1 unspecified atom stereocenters. The molecule has 3 rings (SSSR count). The lowest BCUT2D eigenvalue weighted by molar-refractivity contribution is 0.0416. The third-order valence-corrected chi connectivity index (χ3v) is 6.54. The zero-order chi connectivity index (χ0) is 13.7. The minimum atomic E-state index is -3.22. The van der Waals surface area contributed by atoms with Gasteiger partial charge in [-0.2, -0.15) is 0 Å². The fraction of sp³-hybridized carbons (Fsp3) is 0.571. The van der Waals surface area contributed by atoms with Crippen LogP contribution in [0.3, 0.4) is 0 Å². The molecule has 1 heterocycles. The summed E-state index contributed by atoms with van der Waals surface area (Å²) in [6, 6.07) is 7.37. The largest absolute Gasteiger partial charge is 0.379 e. The van der Waals surface area contributed by atoms with E-state index in [-0.39, 0.29) is 16.7 Å². The van der Waals surface area contributed by atoms with Crippen molar-refractivity contribution in [3.8, 4) is 0 Å². The van der Waals surface area contributed by atoms with Gasteiger partial charge in [0, 0.05) is 11.5 Å². The highest BCUT2D eigenvalue weighted by atomic mass is 32.2. The second-order valence-corrected chi connectivity index (χ2v) is 7.90. The van der Waals surface area contributed by atoms with Gasteiger partial charge in [0.25, 0.3) is 0 Å². The Morgan fingerprint density at radius 1 is 1.26 bits per heavy atom. The van der Waals surface area contributed by atoms with Crippen molar-refractivity contribution in [2.45, 2.75) is 41.4 Å². The molecular formula is C14H19NO3S. The molecule has 2 aliphatic rings. The van der Waals surface area contributed by atoms with E-state index in [2.05, 4.69) is 0 Å². The third kappa shape index (κ3) is 2.00. The normalized spacial score (nSPS) is 23.7. The van der Waals surface area contributed by atoms with E-state index < -0.39 is 9.84 Å². The molecule has 5 heteroatoms. The van der Waals surface area contributed by atoms with Crippen molar-refractivity contribution in [1.29, 1.82) is 0 Å². The highest BCUT2D eigenvalue weighted by Gasteiger charge is 2.47. The van der Waals surface area contributed by atoms with Crippen molar-refractivity contribution in [1.82, 2.24) is 0 Å². The Morgan fingerprint density at radius 2 is 1.84 bits per heavy atom. The van der Waals surface area contributed by atoms with Crippen molar-refractivity contribution in [2.75, 3.05) is 13.2 Å². The molecule has 1 saturated carbocycles. The first kappa shape index (κ1) is 13.1. The molecule has 0 amide bonds. The van der Waals surface area contributed by atoms with Gasteiger partial charge in [0.2, 0.25) is 0 Å². The molecule has 1 aliphatic carbocycles. The number of hydrogen-bond acceptors (Lipinski definition) is 4. The summed E-state index contributed by atoms with van der Waals surface area (Å²) in [6.07, 6.45) is 2.18. The summed E-state index contributed by atoms with van der Waals surface area (Å²) in [5, 5.41) is -0.373. The van der Waals surface area contributed by atoms with Gasteiger partial charge < -0.3 is 10.5 Å². The lowest BCUT2D eigenvalue weighted by Crippen LogP contribution is -2.40. The average Bonchev–Trinajstić information content (AvgIpc) is 3.07. The molecule has 4 nitrogen and oxygen atoms in total. The number of ether oxygens (including phenoxy) is 1. The van der Waals surface area contributed by atoms with Crippen LogP contribution in [0.5, 0.6) is 0 Å². The zero-order valence-corrected chi connectivity index (χ0v) is 11.8. The number of benzene rings is 1. The second-order valence-electron chi connectivity index (χ2n) is 5.67. The van der Waals surface area contributed by atoms with Crippen LogP contribution in [-0.4, -0.2) is 32.9 Å². The number of rotatable bonds is 4. The first-order valence-corrected chi connectivity index (χ1v) is 8.19. The van der Waals surface area contributed by atoms with Gasteiger partial charge in [-0.3, -0.25) is 0 Å². The molecule has 0 radical (unpaired) electrons. The van der Waals surface area contributed by atoms with E-state index in [0.717, 1.165) is 18.4 Å². The molecular weight excluding hydrogens is 262 g/mol. The molecule has 0 bridgehead atoms. The van der Waals surface area contributed by atoms with Crippen LogP contribution >= 0.6 is 0 Å². The van der Waals surface area contributed by atoms with Crippen molar-refractivity contribution in [3.63, 3.8) is 0 Å². The molecule has 1 aliphatic heterocycles. The van der Waals surface area contributed by atoms with Gasteiger partial charge in [-0.25, -0.2) is 8.42 Å². The summed E-state index contributed by atoms with van der Waals surface area (Å²) in [6.45, 7) is 2.64. The Morgan fingerprint density at radius 3 is 2.21 bits per heavy atom. The molecule has 0 aromatic heterocycles. The average molecular weight is 281 g/mol.